The number of furan rings is 1. The molecule has 1 atom stereocenters. The number of likely N-dealkylation sites (tertiary alicyclic amines) is 1. The van der Waals surface area contributed by atoms with Crippen LogP contribution < -0.4 is 5.32 Å². The van der Waals surface area contributed by atoms with Gasteiger partial charge in [-0.25, -0.2) is 4.79 Å². The van der Waals surface area contributed by atoms with Gasteiger partial charge in [-0.1, -0.05) is 0 Å². The molecule has 3 rings (SSSR count). The Kier molecular flexibility index (Phi) is 3.28. The fourth-order valence-corrected chi connectivity index (χ4v) is 3.21. The van der Waals surface area contributed by atoms with Gasteiger partial charge in [0.25, 0.3) is 0 Å². The fourth-order valence-electron chi connectivity index (χ4n) is 3.21. The van der Waals surface area contributed by atoms with Crippen LogP contribution in [0.1, 0.15) is 39.0 Å². The number of hydrogen-bond acceptors (Lipinski definition) is 4. The number of nitrogens with zero attached hydrogens (tertiary/aromatic N) is 1. The summed E-state index contributed by atoms with van der Waals surface area (Å²) in [5.74, 6) is 1.47. The Labute approximate surface area is 125 Å². The van der Waals surface area contributed by atoms with Crippen LogP contribution >= 0.6 is 0 Å². The molecule has 116 valence electrons. The Morgan fingerprint density at radius 3 is 2.86 bits per heavy atom. The Hall–Kier alpha value is -1.49. The molecule has 5 heteroatoms. The van der Waals surface area contributed by atoms with Gasteiger partial charge in [-0.2, -0.15) is 0 Å². The largest absolute Gasteiger partial charge is 0.469 e. The molecule has 1 unspecified atom stereocenters. The number of rotatable bonds is 1. The molecule has 21 heavy (non-hydrogen) atoms. The highest BCUT2D eigenvalue weighted by Crippen LogP contribution is 2.40. The van der Waals surface area contributed by atoms with E-state index in [1.807, 2.05) is 20.8 Å². The molecule has 1 amide bonds. The molecule has 2 aliphatic heterocycles. The lowest BCUT2D eigenvalue weighted by atomic mass is 9.73. The van der Waals surface area contributed by atoms with Crippen molar-refractivity contribution in [1.82, 2.24) is 10.2 Å². The second kappa shape index (κ2) is 4.77. The van der Waals surface area contributed by atoms with Gasteiger partial charge in [-0.15, -0.1) is 0 Å². The quantitative estimate of drug-likeness (QED) is 0.864. The van der Waals surface area contributed by atoms with Crippen molar-refractivity contribution in [2.45, 2.75) is 45.3 Å². The first-order valence-electron chi connectivity index (χ1n) is 7.59. The lowest BCUT2D eigenvalue weighted by Gasteiger charge is -2.50. The lowest BCUT2D eigenvalue weighted by Crippen LogP contribution is -2.63. The molecule has 1 aromatic heterocycles. The summed E-state index contributed by atoms with van der Waals surface area (Å²) in [6.07, 6.45) is 2.48. The molecule has 2 aliphatic rings. The summed E-state index contributed by atoms with van der Waals surface area (Å²) in [5.41, 5.74) is 0.689. The molecule has 1 N–H and O–H groups in total. The number of nitrogens with one attached hydrogen (secondary N) is 1. The summed E-state index contributed by atoms with van der Waals surface area (Å²) in [6, 6.07) is 2.05. The van der Waals surface area contributed by atoms with Crippen molar-refractivity contribution in [3.05, 3.63) is 23.7 Å². The van der Waals surface area contributed by atoms with Crippen molar-refractivity contribution in [2.24, 2.45) is 5.92 Å². The van der Waals surface area contributed by atoms with E-state index >= 15 is 0 Å². The summed E-state index contributed by atoms with van der Waals surface area (Å²) in [6.45, 7) is 10.3. The minimum Gasteiger partial charge on any atom is -0.469 e. The third-order valence-corrected chi connectivity index (χ3v) is 4.50. The number of carbonyl (C=O) groups is 1. The van der Waals surface area contributed by atoms with Crippen LogP contribution in [0.2, 0.25) is 0 Å². The first-order valence-corrected chi connectivity index (χ1v) is 7.59. The van der Waals surface area contributed by atoms with Crippen LogP contribution in [0.4, 0.5) is 4.79 Å². The van der Waals surface area contributed by atoms with Crippen molar-refractivity contribution in [3.8, 4) is 0 Å². The van der Waals surface area contributed by atoms with Gasteiger partial charge in [-0.05, 0) is 33.8 Å². The Morgan fingerprint density at radius 2 is 2.19 bits per heavy atom. The molecule has 0 aliphatic carbocycles. The third kappa shape index (κ3) is 2.55. The van der Waals surface area contributed by atoms with Gasteiger partial charge in [0.1, 0.15) is 11.4 Å². The van der Waals surface area contributed by atoms with Gasteiger partial charge in [0.05, 0.1) is 11.8 Å². The van der Waals surface area contributed by atoms with Crippen molar-refractivity contribution in [1.29, 1.82) is 0 Å². The predicted octanol–water partition coefficient (Wildman–Crippen LogP) is 2.51. The zero-order chi connectivity index (χ0) is 15.3. The van der Waals surface area contributed by atoms with E-state index in [1.54, 1.807) is 11.2 Å². The standard InChI is InChI=1S/C16H24N2O3/c1-15(2,3)21-14(19)18-9-11(10-18)16(4)12-6-8-20-13(12)5-7-17-16/h6,8,11,17H,5,7,9-10H2,1-4H3. The Bertz CT molecular complexity index is 540. The van der Waals surface area contributed by atoms with Crippen molar-refractivity contribution >= 4 is 6.09 Å². The molecule has 3 heterocycles. The van der Waals surface area contributed by atoms with Gasteiger partial charge >= 0.3 is 6.09 Å². The zero-order valence-electron chi connectivity index (χ0n) is 13.2. The van der Waals surface area contributed by atoms with Crippen molar-refractivity contribution in [3.63, 3.8) is 0 Å². The van der Waals surface area contributed by atoms with Crippen LogP contribution in [-0.4, -0.2) is 36.2 Å². The molecule has 1 aromatic rings. The predicted molar refractivity (Wildman–Crippen MR) is 79.1 cm³/mol. The Morgan fingerprint density at radius 1 is 1.48 bits per heavy atom. The molecule has 0 bridgehead atoms. The van der Waals surface area contributed by atoms with E-state index in [0.717, 1.165) is 31.8 Å². The first kappa shape index (κ1) is 14.4. The number of amides is 1. The molecular weight excluding hydrogens is 268 g/mol. The highest BCUT2D eigenvalue weighted by atomic mass is 16.6. The van der Waals surface area contributed by atoms with Crippen LogP contribution in [0.25, 0.3) is 0 Å². The van der Waals surface area contributed by atoms with Gasteiger partial charge in [0, 0.05) is 37.5 Å². The lowest BCUT2D eigenvalue weighted by molar-refractivity contribution is -0.0201. The number of fused-ring (bicyclic) bond motifs is 1. The molecule has 1 saturated heterocycles. The molecular formula is C16H24N2O3. The average molecular weight is 292 g/mol. The van der Waals surface area contributed by atoms with E-state index in [-0.39, 0.29) is 11.6 Å². The Balaban J connectivity index is 1.66. The number of ether oxygens (including phenoxy) is 1. The molecule has 5 nitrogen and oxygen atoms in total. The van der Waals surface area contributed by atoms with Crippen LogP contribution in [0.5, 0.6) is 0 Å². The normalized spacial score (nSPS) is 26.2. The number of hydrogen-bond donors (Lipinski definition) is 1. The second-order valence-electron chi connectivity index (χ2n) is 7.22. The van der Waals surface area contributed by atoms with Crippen molar-refractivity contribution < 1.29 is 13.9 Å². The molecule has 0 aromatic carbocycles. The SMILES string of the molecule is CC(C)(C)OC(=O)N1CC(C2(C)NCCc3occc32)C1. The average Bonchev–Trinajstić information content (AvgIpc) is 2.73. The molecule has 0 saturated carbocycles. The maximum atomic E-state index is 12.0. The van der Waals surface area contributed by atoms with E-state index in [2.05, 4.69) is 18.3 Å². The summed E-state index contributed by atoms with van der Waals surface area (Å²) in [7, 11) is 0. The molecule has 1 fully saturated rings. The minimum atomic E-state index is -0.438. The molecule has 0 spiro atoms. The number of carbonyl (C=O) groups excluding carboxylic acids is 1. The van der Waals surface area contributed by atoms with Crippen LogP contribution in [0, 0.1) is 5.92 Å². The van der Waals surface area contributed by atoms with Crippen molar-refractivity contribution in [2.75, 3.05) is 19.6 Å². The van der Waals surface area contributed by atoms with E-state index in [0.29, 0.717) is 5.92 Å². The van der Waals surface area contributed by atoms with E-state index in [9.17, 15) is 4.79 Å². The maximum absolute atomic E-state index is 12.0. The van der Waals surface area contributed by atoms with Crippen LogP contribution in [0.3, 0.4) is 0 Å². The highest BCUT2D eigenvalue weighted by molar-refractivity contribution is 5.69. The van der Waals surface area contributed by atoms with E-state index < -0.39 is 5.60 Å². The first-order chi connectivity index (χ1) is 9.79. The second-order valence-corrected chi connectivity index (χ2v) is 7.22. The van der Waals surface area contributed by atoms with Crippen LogP contribution in [0.15, 0.2) is 16.7 Å². The van der Waals surface area contributed by atoms with Gasteiger partial charge in [-0.3, -0.25) is 0 Å². The third-order valence-electron chi connectivity index (χ3n) is 4.50. The monoisotopic (exact) mass is 292 g/mol. The minimum absolute atomic E-state index is 0.112. The maximum Gasteiger partial charge on any atom is 0.410 e. The summed E-state index contributed by atoms with van der Waals surface area (Å²) in [5, 5.41) is 3.61. The zero-order valence-corrected chi connectivity index (χ0v) is 13.2. The van der Waals surface area contributed by atoms with E-state index in [4.69, 9.17) is 9.15 Å². The van der Waals surface area contributed by atoms with Gasteiger partial charge in [0.15, 0.2) is 0 Å². The van der Waals surface area contributed by atoms with E-state index in [1.165, 1.54) is 5.56 Å². The smallest absolute Gasteiger partial charge is 0.410 e. The molecule has 0 radical (unpaired) electrons. The van der Waals surface area contributed by atoms with Gasteiger partial charge in [0.2, 0.25) is 0 Å². The topological polar surface area (TPSA) is 54.7 Å². The summed E-state index contributed by atoms with van der Waals surface area (Å²) in [4.78, 5) is 13.8. The van der Waals surface area contributed by atoms with Crippen LogP contribution in [-0.2, 0) is 16.7 Å². The summed E-state index contributed by atoms with van der Waals surface area (Å²) < 4.78 is 11.0. The van der Waals surface area contributed by atoms with Gasteiger partial charge < -0.3 is 19.4 Å². The fraction of sp³-hybridized carbons (Fsp3) is 0.688. The highest BCUT2D eigenvalue weighted by Gasteiger charge is 2.48. The summed E-state index contributed by atoms with van der Waals surface area (Å²) >= 11 is 0.